The Morgan fingerprint density at radius 2 is 2.00 bits per heavy atom. The van der Waals surface area contributed by atoms with Crippen LogP contribution in [0.25, 0.3) is 0 Å². The van der Waals surface area contributed by atoms with Gasteiger partial charge in [0.1, 0.15) is 10.7 Å². The van der Waals surface area contributed by atoms with Crippen LogP contribution in [0.2, 0.25) is 0 Å². The van der Waals surface area contributed by atoms with Gasteiger partial charge in [0.15, 0.2) is 0 Å². The summed E-state index contributed by atoms with van der Waals surface area (Å²) in [5, 5.41) is 0. The summed E-state index contributed by atoms with van der Waals surface area (Å²) in [6.45, 7) is 0. The Hall–Kier alpha value is -1.43. The number of carbonyl (C=O) groups is 1. The number of benzene rings is 1. The molecule has 0 bridgehead atoms. The Morgan fingerprint density at radius 1 is 1.31 bits per heavy atom. The smallest absolute Gasteiger partial charge is 0.338 e. The standard InChI is InChI=1S/C7H3FO4S/c8-4-1-2-6-5(3-4)7(9)12-13(6,10)11/h1-3H. The van der Waals surface area contributed by atoms with E-state index in [1.807, 2.05) is 0 Å². The maximum Gasteiger partial charge on any atom is 0.355 e. The van der Waals surface area contributed by atoms with Crippen LogP contribution in [0.15, 0.2) is 23.1 Å². The second-order valence-corrected chi connectivity index (χ2v) is 3.98. The summed E-state index contributed by atoms with van der Waals surface area (Å²) in [5.74, 6) is -1.71. The summed E-state index contributed by atoms with van der Waals surface area (Å²) in [4.78, 5) is 10.6. The molecule has 0 atom stereocenters. The molecule has 6 heteroatoms. The normalized spacial score (nSPS) is 18.1. The molecule has 1 aromatic carbocycles. The van der Waals surface area contributed by atoms with Crippen LogP contribution in [0.1, 0.15) is 10.4 Å². The molecule has 0 saturated carbocycles. The van der Waals surface area contributed by atoms with Crippen molar-refractivity contribution in [3.8, 4) is 0 Å². The van der Waals surface area contributed by atoms with E-state index in [9.17, 15) is 17.6 Å². The average molecular weight is 202 g/mol. The summed E-state index contributed by atoms with van der Waals surface area (Å²) in [6, 6.07) is 2.80. The zero-order chi connectivity index (χ0) is 9.64. The predicted octanol–water partition coefficient (Wildman–Crippen LogP) is 0.685. The van der Waals surface area contributed by atoms with Crippen LogP contribution in [0.3, 0.4) is 0 Å². The predicted molar refractivity (Wildman–Crippen MR) is 39.0 cm³/mol. The van der Waals surface area contributed by atoms with Crippen molar-refractivity contribution in [2.24, 2.45) is 0 Å². The highest BCUT2D eigenvalue weighted by atomic mass is 32.2. The van der Waals surface area contributed by atoms with E-state index in [1.54, 1.807) is 0 Å². The third kappa shape index (κ3) is 1.10. The molecule has 2 rings (SSSR count). The fourth-order valence-corrected chi connectivity index (χ4v) is 2.09. The van der Waals surface area contributed by atoms with E-state index in [1.165, 1.54) is 0 Å². The van der Waals surface area contributed by atoms with Gasteiger partial charge < -0.3 is 4.18 Å². The van der Waals surface area contributed by atoms with Gasteiger partial charge in [0.2, 0.25) is 0 Å². The summed E-state index contributed by atoms with van der Waals surface area (Å²) >= 11 is 0. The minimum atomic E-state index is -3.99. The van der Waals surface area contributed by atoms with Crippen LogP contribution in [-0.2, 0) is 14.3 Å². The van der Waals surface area contributed by atoms with Crippen LogP contribution in [0, 0.1) is 5.82 Å². The molecule has 0 aromatic heterocycles. The number of halogens is 1. The molecule has 0 spiro atoms. The van der Waals surface area contributed by atoms with E-state index in [2.05, 4.69) is 4.18 Å². The van der Waals surface area contributed by atoms with Gasteiger partial charge in [0.05, 0.1) is 5.56 Å². The van der Waals surface area contributed by atoms with Gasteiger partial charge in [-0.2, -0.15) is 8.42 Å². The number of hydrogen-bond donors (Lipinski definition) is 0. The van der Waals surface area contributed by atoms with Crippen molar-refractivity contribution < 1.29 is 21.8 Å². The lowest BCUT2D eigenvalue weighted by atomic mass is 10.2. The van der Waals surface area contributed by atoms with E-state index < -0.39 is 21.9 Å². The van der Waals surface area contributed by atoms with Crippen molar-refractivity contribution in [2.45, 2.75) is 4.90 Å². The lowest BCUT2D eigenvalue weighted by molar-refractivity contribution is 0.0762. The van der Waals surface area contributed by atoms with Crippen LogP contribution in [0.4, 0.5) is 4.39 Å². The van der Waals surface area contributed by atoms with Crippen LogP contribution in [0.5, 0.6) is 0 Å². The van der Waals surface area contributed by atoms with Crippen LogP contribution < -0.4 is 0 Å². The van der Waals surface area contributed by atoms with Crippen LogP contribution >= 0.6 is 0 Å². The first kappa shape index (κ1) is 8.18. The zero-order valence-electron chi connectivity index (χ0n) is 6.15. The Kier molecular flexibility index (Phi) is 1.44. The quantitative estimate of drug-likeness (QED) is 0.580. The topological polar surface area (TPSA) is 60.4 Å². The Labute approximate surface area is 73.1 Å². The van der Waals surface area contributed by atoms with Gasteiger partial charge in [-0.1, -0.05) is 0 Å². The van der Waals surface area contributed by atoms with Gasteiger partial charge in [0.25, 0.3) is 0 Å². The van der Waals surface area contributed by atoms with E-state index >= 15 is 0 Å². The first-order valence-electron chi connectivity index (χ1n) is 3.29. The second-order valence-electron chi connectivity index (χ2n) is 2.47. The monoisotopic (exact) mass is 202 g/mol. The third-order valence-corrected chi connectivity index (χ3v) is 2.88. The van der Waals surface area contributed by atoms with Crippen molar-refractivity contribution in [3.05, 3.63) is 29.6 Å². The minimum Gasteiger partial charge on any atom is -0.338 e. The van der Waals surface area contributed by atoms with Crippen molar-refractivity contribution in [3.63, 3.8) is 0 Å². The Bertz CT molecular complexity index is 491. The van der Waals surface area contributed by atoms with E-state index in [0.29, 0.717) is 0 Å². The highest BCUT2D eigenvalue weighted by Crippen LogP contribution is 2.27. The van der Waals surface area contributed by atoms with Crippen molar-refractivity contribution in [1.82, 2.24) is 0 Å². The summed E-state index contributed by atoms with van der Waals surface area (Å²) in [6.07, 6.45) is 0. The third-order valence-electron chi connectivity index (χ3n) is 1.62. The van der Waals surface area contributed by atoms with Crippen molar-refractivity contribution in [2.75, 3.05) is 0 Å². The molecule has 13 heavy (non-hydrogen) atoms. The van der Waals surface area contributed by atoms with Gasteiger partial charge in [-0.15, -0.1) is 0 Å². The molecule has 1 aliphatic rings. The molecule has 0 fully saturated rings. The summed E-state index contributed by atoms with van der Waals surface area (Å²) in [5.41, 5.74) is -0.250. The number of rotatable bonds is 0. The maximum atomic E-state index is 12.6. The average Bonchev–Trinajstić information content (AvgIpc) is 2.22. The molecule has 4 nitrogen and oxygen atoms in total. The molecule has 0 unspecified atom stereocenters. The molecule has 68 valence electrons. The van der Waals surface area contributed by atoms with E-state index in [-0.39, 0.29) is 10.5 Å². The van der Waals surface area contributed by atoms with Gasteiger partial charge >= 0.3 is 16.1 Å². The molecule has 0 saturated heterocycles. The highest BCUT2D eigenvalue weighted by Gasteiger charge is 2.35. The largest absolute Gasteiger partial charge is 0.355 e. The summed E-state index contributed by atoms with van der Waals surface area (Å²) < 4.78 is 38.6. The molecule has 0 radical (unpaired) electrons. The van der Waals surface area contributed by atoms with E-state index in [0.717, 1.165) is 18.2 Å². The first-order chi connectivity index (χ1) is 6.00. The highest BCUT2D eigenvalue weighted by molar-refractivity contribution is 7.87. The van der Waals surface area contributed by atoms with Gasteiger partial charge in [-0.25, -0.2) is 9.18 Å². The van der Waals surface area contributed by atoms with Crippen molar-refractivity contribution >= 4 is 16.1 Å². The lowest BCUT2D eigenvalue weighted by Gasteiger charge is -1.91. The number of carbonyl (C=O) groups excluding carboxylic acids is 1. The summed E-state index contributed by atoms with van der Waals surface area (Å²) in [7, 11) is -3.99. The second kappa shape index (κ2) is 2.29. The molecular formula is C7H3FO4S. The van der Waals surface area contributed by atoms with Gasteiger partial charge in [0, 0.05) is 0 Å². The fraction of sp³-hybridized carbons (Fsp3) is 0. The molecule has 1 heterocycles. The fourth-order valence-electron chi connectivity index (χ4n) is 1.07. The molecule has 1 aromatic rings. The van der Waals surface area contributed by atoms with Gasteiger partial charge in [-0.3, -0.25) is 0 Å². The molecular weight excluding hydrogens is 199 g/mol. The van der Waals surface area contributed by atoms with Gasteiger partial charge in [-0.05, 0) is 18.2 Å². The Balaban J connectivity index is 2.80. The number of hydrogen-bond acceptors (Lipinski definition) is 4. The maximum absolute atomic E-state index is 12.6. The SMILES string of the molecule is O=C1OS(=O)(=O)c2ccc(F)cc21. The minimum absolute atomic E-state index is 0.250. The zero-order valence-corrected chi connectivity index (χ0v) is 6.97. The molecule has 0 amide bonds. The molecule has 0 N–H and O–H groups in total. The lowest BCUT2D eigenvalue weighted by Crippen LogP contribution is -1.99. The Morgan fingerprint density at radius 3 is 2.69 bits per heavy atom. The molecule has 0 aliphatic carbocycles. The van der Waals surface area contributed by atoms with Crippen LogP contribution in [-0.4, -0.2) is 14.4 Å². The van der Waals surface area contributed by atoms with E-state index in [4.69, 9.17) is 0 Å². The first-order valence-corrected chi connectivity index (χ1v) is 4.70. The number of fused-ring (bicyclic) bond motifs is 1. The van der Waals surface area contributed by atoms with Crippen molar-refractivity contribution in [1.29, 1.82) is 0 Å². The molecule has 1 aliphatic heterocycles.